The molecule has 14 heavy (non-hydrogen) atoms. The first-order chi connectivity index (χ1) is 6.76. The van der Waals surface area contributed by atoms with Gasteiger partial charge in [0, 0.05) is 12.6 Å². The van der Waals surface area contributed by atoms with Gasteiger partial charge < -0.3 is 15.7 Å². The Labute approximate surface area is 84.4 Å². The monoisotopic (exact) mass is 195 g/mol. The first-order valence-electron chi connectivity index (χ1n) is 4.82. The SMILES string of the molecule is CCNc1cncc(NC(C)CO)c1. The zero-order chi connectivity index (χ0) is 10.4. The third-order valence-electron chi connectivity index (χ3n) is 1.81. The molecule has 0 fully saturated rings. The van der Waals surface area contributed by atoms with Crippen LogP contribution in [-0.2, 0) is 0 Å². The number of anilines is 2. The lowest BCUT2D eigenvalue weighted by atomic mass is 10.3. The highest BCUT2D eigenvalue weighted by Crippen LogP contribution is 2.13. The highest BCUT2D eigenvalue weighted by atomic mass is 16.3. The van der Waals surface area contributed by atoms with Crippen molar-refractivity contribution in [2.24, 2.45) is 0 Å². The maximum absolute atomic E-state index is 8.87. The fraction of sp³-hybridized carbons (Fsp3) is 0.500. The Kier molecular flexibility index (Phi) is 4.19. The molecule has 0 bridgehead atoms. The Balaban J connectivity index is 2.63. The van der Waals surface area contributed by atoms with Crippen LogP contribution in [0.5, 0.6) is 0 Å². The van der Waals surface area contributed by atoms with Crippen molar-refractivity contribution >= 4 is 11.4 Å². The summed E-state index contributed by atoms with van der Waals surface area (Å²) in [6, 6.07) is 2.02. The van der Waals surface area contributed by atoms with E-state index >= 15 is 0 Å². The Morgan fingerprint density at radius 1 is 1.43 bits per heavy atom. The van der Waals surface area contributed by atoms with Crippen molar-refractivity contribution in [3.8, 4) is 0 Å². The van der Waals surface area contributed by atoms with E-state index in [0.29, 0.717) is 0 Å². The van der Waals surface area contributed by atoms with Gasteiger partial charge in [0.25, 0.3) is 0 Å². The fourth-order valence-corrected chi connectivity index (χ4v) is 1.15. The van der Waals surface area contributed by atoms with Gasteiger partial charge in [-0.15, -0.1) is 0 Å². The lowest BCUT2D eigenvalue weighted by Crippen LogP contribution is -2.19. The molecule has 0 aliphatic heterocycles. The van der Waals surface area contributed by atoms with Gasteiger partial charge in [0.1, 0.15) is 0 Å². The molecule has 1 atom stereocenters. The Bertz CT molecular complexity index is 278. The fourth-order valence-electron chi connectivity index (χ4n) is 1.15. The molecular formula is C10H17N3O. The second-order valence-corrected chi connectivity index (χ2v) is 3.22. The molecule has 1 aromatic rings. The summed E-state index contributed by atoms with van der Waals surface area (Å²) in [5, 5.41) is 15.2. The van der Waals surface area contributed by atoms with Crippen LogP contribution in [-0.4, -0.2) is 29.3 Å². The number of pyridine rings is 1. The van der Waals surface area contributed by atoms with Crippen LogP contribution < -0.4 is 10.6 Å². The Morgan fingerprint density at radius 2 is 2.14 bits per heavy atom. The summed E-state index contributed by atoms with van der Waals surface area (Å²) < 4.78 is 0. The van der Waals surface area contributed by atoms with Crippen LogP contribution in [0, 0.1) is 0 Å². The molecule has 0 radical (unpaired) electrons. The predicted molar refractivity (Wildman–Crippen MR) is 58.6 cm³/mol. The molecule has 4 heteroatoms. The van der Waals surface area contributed by atoms with Crippen molar-refractivity contribution in [3.05, 3.63) is 18.5 Å². The van der Waals surface area contributed by atoms with Crippen LogP contribution in [0.1, 0.15) is 13.8 Å². The molecule has 78 valence electrons. The molecule has 0 amide bonds. The van der Waals surface area contributed by atoms with Crippen LogP contribution in [0.4, 0.5) is 11.4 Å². The van der Waals surface area contributed by atoms with Crippen molar-refractivity contribution in [2.75, 3.05) is 23.8 Å². The molecule has 0 aromatic carbocycles. The van der Waals surface area contributed by atoms with Gasteiger partial charge in [-0.25, -0.2) is 0 Å². The number of aromatic nitrogens is 1. The minimum Gasteiger partial charge on any atom is -0.394 e. The summed E-state index contributed by atoms with van der Waals surface area (Å²) in [5.41, 5.74) is 1.91. The first kappa shape index (κ1) is 10.8. The standard InChI is InChI=1S/C10H17N3O/c1-3-12-9-4-10(6-11-5-9)13-8(2)7-14/h4-6,8,12-14H,3,7H2,1-2H3. The average molecular weight is 195 g/mol. The van der Waals surface area contributed by atoms with Gasteiger partial charge in [-0.05, 0) is 19.9 Å². The Morgan fingerprint density at radius 3 is 2.79 bits per heavy atom. The molecule has 1 heterocycles. The van der Waals surface area contributed by atoms with E-state index < -0.39 is 0 Å². The van der Waals surface area contributed by atoms with Crippen LogP contribution in [0.25, 0.3) is 0 Å². The molecule has 0 aliphatic carbocycles. The summed E-state index contributed by atoms with van der Waals surface area (Å²) >= 11 is 0. The average Bonchev–Trinajstić information content (AvgIpc) is 2.19. The van der Waals surface area contributed by atoms with Crippen molar-refractivity contribution in [1.29, 1.82) is 0 Å². The van der Waals surface area contributed by atoms with E-state index in [0.717, 1.165) is 17.9 Å². The zero-order valence-corrected chi connectivity index (χ0v) is 8.62. The number of nitrogens with one attached hydrogen (secondary N) is 2. The van der Waals surface area contributed by atoms with E-state index in [4.69, 9.17) is 5.11 Å². The van der Waals surface area contributed by atoms with Crippen LogP contribution in [0.2, 0.25) is 0 Å². The number of hydrogen-bond acceptors (Lipinski definition) is 4. The predicted octanol–water partition coefficient (Wildman–Crippen LogP) is 1.31. The molecule has 0 aliphatic rings. The summed E-state index contributed by atoms with van der Waals surface area (Å²) in [6.07, 6.45) is 3.52. The molecule has 1 rings (SSSR count). The van der Waals surface area contributed by atoms with Gasteiger partial charge in [0.05, 0.1) is 30.4 Å². The summed E-state index contributed by atoms with van der Waals surface area (Å²) in [6.45, 7) is 4.95. The van der Waals surface area contributed by atoms with E-state index in [9.17, 15) is 0 Å². The molecular weight excluding hydrogens is 178 g/mol. The lowest BCUT2D eigenvalue weighted by Gasteiger charge is -2.12. The van der Waals surface area contributed by atoms with E-state index in [1.807, 2.05) is 19.9 Å². The van der Waals surface area contributed by atoms with Crippen molar-refractivity contribution in [2.45, 2.75) is 19.9 Å². The highest BCUT2D eigenvalue weighted by molar-refractivity contribution is 5.54. The number of aliphatic hydroxyl groups is 1. The Hall–Kier alpha value is -1.29. The van der Waals surface area contributed by atoms with Gasteiger partial charge in [-0.3, -0.25) is 4.98 Å². The largest absolute Gasteiger partial charge is 0.394 e. The minimum atomic E-state index is 0.0497. The molecule has 0 spiro atoms. The summed E-state index contributed by atoms with van der Waals surface area (Å²) in [5.74, 6) is 0. The van der Waals surface area contributed by atoms with E-state index in [2.05, 4.69) is 15.6 Å². The third kappa shape index (κ3) is 3.22. The number of nitrogens with zero attached hydrogens (tertiary/aromatic N) is 1. The van der Waals surface area contributed by atoms with E-state index in [-0.39, 0.29) is 12.6 Å². The number of rotatable bonds is 5. The van der Waals surface area contributed by atoms with E-state index in [1.54, 1.807) is 12.4 Å². The topological polar surface area (TPSA) is 57.2 Å². The van der Waals surface area contributed by atoms with Gasteiger partial charge in [-0.2, -0.15) is 0 Å². The second kappa shape index (κ2) is 5.44. The van der Waals surface area contributed by atoms with Gasteiger partial charge in [0.15, 0.2) is 0 Å². The van der Waals surface area contributed by atoms with E-state index in [1.165, 1.54) is 0 Å². The van der Waals surface area contributed by atoms with Crippen molar-refractivity contribution in [1.82, 2.24) is 4.98 Å². The number of aliphatic hydroxyl groups excluding tert-OH is 1. The molecule has 3 N–H and O–H groups in total. The van der Waals surface area contributed by atoms with Crippen LogP contribution in [0.3, 0.4) is 0 Å². The maximum atomic E-state index is 8.87. The lowest BCUT2D eigenvalue weighted by molar-refractivity contribution is 0.281. The molecule has 0 saturated heterocycles. The van der Waals surface area contributed by atoms with Gasteiger partial charge in [0.2, 0.25) is 0 Å². The first-order valence-corrected chi connectivity index (χ1v) is 4.82. The normalized spacial score (nSPS) is 12.2. The van der Waals surface area contributed by atoms with Crippen LogP contribution >= 0.6 is 0 Å². The molecule has 1 unspecified atom stereocenters. The second-order valence-electron chi connectivity index (χ2n) is 3.22. The van der Waals surface area contributed by atoms with Crippen LogP contribution in [0.15, 0.2) is 18.5 Å². The molecule has 4 nitrogen and oxygen atoms in total. The zero-order valence-electron chi connectivity index (χ0n) is 8.62. The number of hydrogen-bond donors (Lipinski definition) is 3. The maximum Gasteiger partial charge on any atom is 0.0630 e. The molecule has 1 aromatic heterocycles. The van der Waals surface area contributed by atoms with Crippen molar-refractivity contribution in [3.63, 3.8) is 0 Å². The third-order valence-corrected chi connectivity index (χ3v) is 1.81. The summed E-state index contributed by atoms with van der Waals surface area (Å²) in [7, 11) is 0. The highest BCUT2D eigenvalue weighted by Gasteiger charge is 2.00. The van der Waals surface area contributed by atoms with Gasteiger partial charge in [-0.1, -0.05) is 0 Å². The smallest absolute Gasteiger partial charge is 0.0630 e. The minimum absolute atomic E-state index is 0.0497. The van der Waals surface area contributed by atoms with Gasteiger partial charge >= 0.3 is 0 Å². The quantitative estimate of drug-likeness (QED) is 0.663. The molecule has 0 saturated carbocycles. The summed E-state index contributed by atoms with van der Waals surface area (Å²) in [4.78, 5) is 4.08. The van der Waals surface area contributed by atoms with Crippen molar-refractivity contribution < 1.29 is 5.11 Å².